The number of carbonyl (C=O) groups excluding carboxylic acids is 1. The molecule has 0 heterocycles. The molecule has 3 rings (SSSR count). The number of amides is 1. The SMILES string of the molecule is COc1ccc(/C(C)=N/NC(=O)COc2ccc3ccccc3c2)cc1OC. The summed E-state index contributed by atoms with van der Waals surface area (Å²) in [6.45, 7) is 1.67. The molecule has 0 aliphatic rings. The first-order chi connectivity index (χ1) is 13.6. The Morgan fingerprint density at radius 2 is 1.68 bits per heavy atom. The predicted octanol–water partition coefficient (Wildman–Crippen LogP) is 3.78. The molecular weight excluding hydrogens is 356 g/mol. The molecule has 1 amide bonds. The third kappa shape index (κ3) is 4.59. The lowest BCUT2D eigenvalue weighted by molar-refractivity contribution is -0.123. The molecule has 0 aliphatic carbocycles. The van der Waals surface area contributed by atoms with Crippen LogP contribution in [0.4, 0.5) is 0 Å². The summed E-state index contributed by atoms with van der Waals surface area (Å²) in [5.74, 6) is 1.52. The maximum absolute atomic E-state index is 12.1. The number of fused-ring (bicyclic) bond motifs is 1. The Morgan fingerprint density at radius 3 is 2.43 bits per heavy atom. The van der Waals surface area contributed by atoms with Gasteiger partial charge in [0.1, 0.15) is 5.75 Å². The minimum absolute atomic E-state index is 0.124. The maximum atomic E-state index is 12.1. The summed E-state index contributed by atoms with van der Waals surface area (Å²) in [6, 6.07) is 19.1. The van der Waals surface area contributed by atoms with Crippen LogP contribution >= 0.6 is 0 Å². The largest absolute Gasteiger partial charge is 0.493 e. The van der Waals surface area contributed by atoms with Gasteiger partial charge in [0.25, 0.3) is 5.91 Å². The van der Waals surface area contributed by atoms with Gasteiger partial charge in [-0.25, -0.2) is 5.43 Å². The number of carbonyl (C=O) groups is 1. The second-order valence-electron chi connectivity index (χ2n) is 6.10. The fourth-order valence-corrected chi connectivity index (χ4v) is 2.71. The minimum Gasteiger partial charge on any atom is -0.493 e. The number of nitrogens with one attached hydrogen (secondary N) is 1. The molecule has 6 nitrogen and oxygen atoms in total. The fraction of sp³-hybridized carbons (Fsp3) is 0.182. The number of methoxy groups -OCH3 is 2. The molecule has 0 bridgehead atoms. The van der Waals surface area contributed by atoms with Gasteiger partial charge in [0, 0.05) is 5.56 Å². The molecule has 0 unspecified atom stereocenters. The van der Waals surface area contributed by atoms with Crippen LogP contribution in [0.5, 0.6) is 17.2 Å². The first-order valence-electron chi connectivity index (χ1n) is 8.78. The van der Waals surface area contributed by atoms with E-state index >= 15 is 0 Å². The summed E-state index contributed by atoms with van der Waals surface area (Å²) in [7, 11) is 3.15. The Morgan fingerprint density at radius 1 is 0.929 bits per heavy atom. The quantitative estimate of drug-likeness (QED) is 0.502. The summed E-state index contributed by atoms with van der Waals surface area (Å²) < 4.78 is 16.1. The van der Waals surface area contributed by atoms with Crippen molar-refractivity contribution in [2.45, 2.75) is 6.92 Å². The Labute approximate surface area is 163 Å². The summed E-state index contributed by atoms with van der Waals surface area (Å²) in [5, 5.41) is 6.31. The van der Waals surface area contributed by atoms with Crippen molar-refractivity contribution in [3.05, 3.63) is 66.2 Å². The summed E-state index contributed by atoms with van der Waals surface area (Å²) >= 11 is 0. The number of ether oxygens (including phenoxy) is 3. The zero-order valence-corrected chi connectivity index (χ0v) is 16.1. The number of nitrogens with zero attached hydrogens (tertiary/aromatic N) is 1. The van der Waals surface area contributed by atoms with Crippen molar-refractivity contribution >= 4 is 22.4 Å². The molecule has 6 heteroatoms. The number of hydrogen-bond acceptors (Lipinski definition) is 5. The highest BCUT2D eigenvalue weighted by atomic mass is 16.5. The lowest BCUT2D eigenvalue weighted by atomic mass is 10.1. The molecule has 3 aromatic rings. The molecule has 0 radical (unpaired) electrons. The van der Waals surface area contributed by atoms with E-state index in [-0.39, 0.29) is 12.5 Å². The van der Waals surface area contributed by atoms with Crippen LogP contribution in [0.25, 0.3) is 10.8 Å². The summed E-state index contributed by atoms with van der Waals surface area (Å²) in [6.07, 6.45) is 0. The van der Waals surface area contributed by atoms with Crippen molar-refractivity contribution in [1.29, 1.82) is 0 Å². The normalized spacial score (nSPS) is 11.2. The lowest BCUT2D eigenvalue weighted by Gasteiger charge is -2.10. The van der Waals surface area contributed by atoms with Crippen molar-refractivity contribution < 1.29 is 19.0 Å². The topological polar surface area (TPSA) is 69.2 Å². The molecule has 0 aromatic heterocycles. The second-order valence-corrected chi connectivity index (χ2v) is 6.10. The van der Waals surface area contributed by atoms with E-state index in [1.165, 1.54) is 0 Å². The number of hydrogen-bond donors (Lipinski definition) is 1. The van der Waals surface area contributed by atoms with Crippen LogP contribution in [-0.2, 0) is 4.79 Å². The third-order valence-electron chi connectivity index (χ3n) is 4.24. The number of hydrazone groups is 1. The molecule has 0 fully saturated rings. The fourth-order valence-electron chi connectivity index (χ4n) is 2.71. The van der Waals surface area contributed by atoms with E-state index in [1.54, 1.807) is 33.3 Å². The molecule has 144 valence electrons. The van der Waals surface area contributed by atoms with Crippen LogP contribution in [0, 0.1) is 0 Å². The average Bonchev–Trinajstić information content (AvgIpc) is 2.75. The lowest BCUT2D eigenvalue weighted by Crippen LogP contribution is -2.25. The van der Waals surface area contributed by atoms with E-state index in [2.05, 4.69) is 10.5 Å². The molecule has 0 aliphatic heterocycles. The van der Waals surface area contributed by atoms with Crippen molar-refractivity contribution in [3.8, 4) is 17.2 Å². The predicted molar refractivity (Wildman–Crippen MR) is 109 cm³/mol. The van der Waals surface area contributed by atoms with Gasteiger partial charge in [0.2, 0.25) is 0 Å². The van der Waals surface area contributed by atoms with Gasteiger partial charge in [-0.2, -0.15) is 5.10 Å². The molecule has 0 saturated heterocycles. The van der Waals surface area contributed by atoms with Gasteiger partial charge in [-0.15, -0.1) is 0 Å². The van der Waals surface area contributed by atoms with Crippen molar-refractivity contribution in [2.75, 3.05) is 20.8 Å². The van der Waals surface area contributed by atoms with E-state index < -0.39 is 0 Å². The van der Waals surface area contributed by atoms with E-state index in [4.69, 9.17) is 14.2 Å². The van der Waals surface area contributed by atoms with Crippen LogP contribution in [0.2, 0.25) is 0 Å². The molecular formula is C22H22N2O4. The van der Waals surface area contributed by atoms with Crippen LogP contribution in [0.1, 0.15) is 12.5 Å². The van der Waals surface area contributed by atoms with Crippen LogP contribution < -0.4 is 19.6 Å². The smallest absolute Gasteiger partial charge is 0.277 e. The highest BCUT2D eigenvalue weighted by Crippen LogP contribution is 2.27. The van der Waals surface area contributed by atoms with Gasteiger partial charge >= 0.3 is 0 Å². The van der Waals surface area contributed by atoms with Crippen LogP contribution in [0.15, 0.2) is 65.8 Å². The van der Waals surface area contributed by atoms with Crippen molar-refractivity contribution in [2.24, 2.45) is 5.10 Å². The average molecular weight is 378 g/mol. The zero-order valence-electron chi connectivity index (χ0n) is 16.1. The zero-order chi connectivity index (χ0) is 19.9. The van der Waals surface area contributed by atoms with E-state index in [0.717, 1.165) is 16.3 Å². The Bertz CT molecular complexity index is 1010. The van der Waals surface area contributed by atoms with Gasteiger partial charge < -0.3 is 14.2 Å². The van der Waals surface area contributed by atoms with Gasteiger partial charge in [0.05, 0.1) is 19.9 Å². The molecule has 0 spiro atoms. The first kappa shape index (κ1) is 19.2. The van der Waals surface area contributed by atoms with E-state index in [9.17, 15) is 4.79 Å². The minimum atomic E-state index is -0.340. The molecule has 0 saturated carbocycles. The molecule has 1 N–H and O–H groups in total. The van der Waals surface area contributed by atoms with Gasteiger partial charge in [0.15, 0.2) is 18.1 Å². The molecule has 28 heavy (non-hydrogen) atoms. The highest BCUT2D eigenvalue weighted by molar-refractivity contribution is 5.99. The standard InChI is InChI=1S/C22H22N2O4/c1-15(17-9-11-20(26-2)21(13-17)27-3)23-24-22(25)14-28-19-10-8-16-6-4-5-7-18(16)12-19/h4-13H,14H2,1-3H3,(H,24,25)/b23-15+. The maximum Gasteiger partial charge on any atom is 0.277 e. The Balaban J connectivity index is 1.59. The monoisotopic (exact) mass is 378 g/mol. The van der Waals surface area contributed by atoms with Gasteiger partial charge in [-0.05, 0) is 48.0 Å². The Hall–Kier alpha value is -3.54. The number of rotatable bonds is 7. The summed E-state index contributed by atoms with van der Waals surface area (Å²) in [5.41, 5.74) is 3.96. The Kier molecular flexibility index (Phi) is 6.11. The van der Waals surface area contributed by atoms with Crippen LogP contribution in [0.3, 0.4) is 0 Å². The van der Waals surface area contributed by atoms with Crippen molar-refractivity contribution in [3.63, 3.8) is 0 Å². The van der Waals surface area contributed by atoms with Gasteiger partial charge in [-0.3, -0.25) is 4.79 Å². The van der Waals surface area contributed by atoms with Crippen molar-refractivity contribution in [1.82, 2.24) is 5.43 Å². The van der Waals surface area contributed by atoms with Crippen LogP contribution in [-0.4, -0.2) is 32.4 Å². The van der Waals surface area contributed by atoms with E-state index in [1.807, 2.05) is 48.5 Å². The van der Waals surface area contributed by atoms with Gasteiger partial charge in [-0.1, -0.05) is 30.3 Å². The number of benzene rings is 3. The third-order valence-corrected chi connectivity index (χ3v) is 4.24. The second kappa shape index (κ2) is 8.90. The highest BCUT2D eigenvalue weighted by Gasteiger charge is 2.08. The first-order valence-corrected chi connectivity index (χ1v) is 8.78. The summed E-state index contributed by atoms with van der Waals surface area (Å²) in [4.78, 5) is 12.1. The van der Waals surface area contributed by atoms with E-state index in [0.29, 0.717) is 23.0 Å². The molecule has 0 atom stereocenters. The molecule has 3 aromatic carbocycles.